The van der Waals surface area contributed by atoms with Crippen molar-refractivity contribution in [3.05, 3.63) is 35.9 Å². The zero-order valence-electron chi connectivity index (χ0n) is 11.5. The Hall–Kier alpha value is -1.69. The van der Waals surface area contributed by atoms with Crippen LogP contribution < -0.4 is 10.1 Å². The molecule has 0 bridgehead atoms. The number of halogens is 3. The number of anilines is 1. The van der Waals surface area contributed by atoms with Crippen molar-refractivity contribution in [1.82, 2.24) is 4.90 Å². The van der Waals surface area contributed by atoms with Gasteiger partial charge in [-0.25, -0.2) is 0 Å². The first kappa shape index (κ1) is 14.3. The number of para-hydroxylation sites is 2. The number of hydrogen-bond acceptors (Lipinski definition) is 3. The minimum atomic E-state index is -4.19. The molecule has 0 fully saturated rings. The highest BCUT2D eigenvalue weighted by molar-refractivity contribution is 5.57. The van der Waals surface area contributed by atoms with Gasteiger partial charge in [0.05, 0.1) is 12.2 Å². The molecule has 0 aromatic heterocycles. The van der Waals surface area contributed by atoms with Gasteiger partial charge in [0.2, 0.25) is 0 Å². The highest BCUT2D eigenvalue weighted by atomic mass is 19.4. The average Bonchev–Trinajstić information content (AvgIpc) is 2.47. The molecule has 1 aromatic rings. The molecule has 2 aliphatic rings. The molecule has 2 aliphatic heterocycles. The van der Waals surface area contributed by atoms with E-state index in [2.05, 4.69) is 5.32 Å². The number of nitrogens with one attached hydrogen (secondary N) is 1. The molecule has 0 aliphatic carbocycles. The first-order valence-electron chi connectivity index (χ1n) is 7.00. The zero-order chi connectivity index (χ0) is 14.9. The van der Waals surface area contributed by atoms with Crippen molar-refractivity contribution in [2.75, 3.05) is 31.5 Å². The zero-order valence-corrected chi connectivity index (χ0v) is 11.5. The molecule has 3 nitrogen and oxygen atoms in total. The maximum Gasteiger partial charge on any atom is 0.412 e. The number of benzene rings is 1. The number of fused-ring (bicyclic) bond motifs is 1. The third-order valence-electron chi connectivity index (χ3n) is 3.82. The fourth-order valence-corrected chi connectivity index (χ4v) is 2.68. The fraction of sp³-hybridized carbons (Fsp3) is 0.467. The number of rotatable bonds is 2. The van der Waals surface area contributed by atoms with Gasteiger partial charge >= 0.3 is 6.18 Å². The van der Waals surface area contributed by atoms with Gasteiger partial charge in [0.25, 0.3) is 0 Å². The van der Waals surface area contributed by atoms with Crippen LogP contribution in [-0.2, 0) is 0 Å². The second-order valence-corrected chi connectivity index (χ2v) is 5.35. The van der Waals surface area contributed by atoms with Crippen molar-refractivity contribution in [1.29, 1.82) is 0 Å². The van der Waals surface area contributed by atoms with Gasteiger partial charge in [0, 0.05) is 25.2 Å². The maximum atomic E-state index is 12.6. The monoisotopic (exact) mass is 298 g/mol. The Morgan fingerprint density at radius 3 is 2.81 bits per heavy atom. The molecule has 0 amide bonds. The van der Waals surface area contributed by atoms with Gasteiger partial charge in [-0.05, 0) is 18.6 Å². The van der Waals surface area contributed by atoms with Crippen molar-refractivity contribution < 1.29 is 17.9 Å². The van der Waals surface area contributed by atoms with Crippen LogP contribution in [0.5, 0.6) is 5.75 Å². The molecule has 6 heteroatoms. The summed E-state index contributed by atoms with van der Waals surface area (Å²) in [6, 6.07) is 7.68. The molecule has 3 rings (SSSR count). The SMILES string of the molecule is FC(F)(F)C1=CCN(CC2CNc3ccccc3O2)CC1. The van der Waals surface area contributed by atoms with Gasteiger partial charge in [0.15, 0.2) is 0 Å². The molecule has 1 unspecified atom stereocenters. The van der Waals surface area contributed by atoms with Crippen LogP contribution in [0.15, 0.2) is 35.9 Å². The van der Waals surface area contributed by atoms with Crippen molar-refractivity contribution in [2.24, 2.45) is 0 Å². The molecule has 1 atom stereocenters. The van der Waals surface area contributed by atoms with E-state index in [1.165, 1.54) is 6.08 Å². The quantitative estimate of drug-likeness (QED) is 0.849. The van der Waals surface area contributed by atoms with Gasteiger partial charge < -0.3 is 10.1 Å². The Balaban J connectivity index is 1.56. The third-order valence-corrected chi connectivity index (χ3v) is 3.82. The van der Waals surface area contributed by atoms with Gasteiger partial charge in [-0.1, -0.05) is 18.2 Å². The summed E-state index contributed by atoms with van der Waals surface area (Å²) in [7, 11) is 0. The molecule has 1 aromatic carbocycles. The largest absolute Gasteiger partial charge is 0.485 e. The molecular formula is C15H17F3N2O. The van der Waals surface area contributed by atoms with E-state index in [0.29, 0.717) is 26.2 Å². The van der Waals surface area contributed by atoms with Crippen LogP contribution in [-0.4, -0.2) is 43.4 Å². The number of nitrogens with zero attached hydrogens (tertiary/aromatic N) is 1. The van der Waals surface area contributed by atoms with Crippen LogP contribution in [0.2, 0.25) is 0 Å². The predicted molar refractivity (Wildman–Crippen MR) is 74.5 cm³/mol. The van der Waals surface area contributed by atoms with Crippen molar-refractivity contribution >= 4 is 5.69 Å². The van der Waals surface area contributed by atoms with E-state index >= 15 is 0 Å². The lowest BCUT2D eigenvalue weighted by Gasteiger charge is -2.33. The van der Waals surface area contributed by atoms with Gasteiger partial charge in [-0.3, -0.25) is 4.90 Å². The summed E-state index contributed by atoms with van der Waals surface area (Å²) in [5.74, 6) is 0.803. The van der Waals surface area contributed by atoms with Crippen LogP contribution >= 0.6 is 0 Å². The first-order chi connectivity index (χ1) is 10.0. The highest BCUT2D eigenvalue weighted by Gasteiger charge is 2.35. The lowest BCUT2D eigenvalue weighted by Crippen LogP contribution is -2.43. The topological polar surface area (TPSA) is 24.5 Å². The van der Waals surface area contributed by atoms with Gasteiger partial charge in [0.1, 0.15) is 11.9 Å². The summed E-state index contributed by atoms with van der Waals surface area (Å²) in [5.41, 5.74) is 0.554. The Bertz CT molecular complexity index is 542. The third kappa shape index (κ3) is 3.32. The molecular weight excluding hydrogens is 281 g/mol. The molecule has 21 heavy (non-hydrogen) atoms. The smallest absolute Gasteiger partial charge is 0.412 e. The van der Waals surface area contributed by atoms with Crippen molar-refractivity contribution in [3.63, 3.8) is 0 Å². The van der Waals surface area contributed by atoms with E-state index < -0.39 is 11.7 Å². The Morgan fingerprint density at radius 1 is 1.29 bits per heavy atom. The Labute approximate surface area is 121 Å². The summed E-state index contributed by atoms with van der Waals surface area (Å²) < 4.78 is 43.6. The van der Waals surface area contributed by atoms with E-state index in [9.17, 15) is 13.2 Å². The maximum absolute atomic E-state index is 12.6. The molecule has 1 N–H and O–H groups in total. The van der Waals surface area contributed by atoms with E-state index in [1.807, 2.05) is 29.2 Å². The molecule has 0 saturated heterocycles. The summed E-state index contributed by atoms with van der Waals surface area (Å²) in [6.45, 7) is 2.05. The Kier molecular flexibility index (Phi) is 3.80. The van der Waals surface area contributed by atoms with E-state index in [1.54, 1.807) is 0 Å². The highest BCUT2D eigenvalue weighted by Crippen LogP contribution is 2.31. The molecule has 0 saturated carbocycles. The Morgan fingerprint density at radius 2 is 2.10 bits per heavy atom. The van der Waals surface area contributed by atoms with Crippen LogP contribution in [0.3, 0.4) is 0 Å². The number of alkyl halides is 3. The average molecular weight is 298 g/mol. The van der Waals surface area contributed by atoms with Crippen molar-refractivity contribution in [2.45, 2.75) is 18.7 Å². The summed E-state index contributed by atoms with van der Waals surface area (Å²) in [5, 5.41) is 3.29. The lowest BCUT2D eigenvalue weighted by molar-refractivity contribution is -0.0961. The standard InChI is InChI=1S/C15H17F3N2O/c16-15(17,18)11-5-7-20(8-6-11)10-12-9-19-13-3-1-2-4-14(13)21-12/h1-5,12,19H,6-10H2. The van der Waals surface area contributed by atoms with E-state index in [-0.39, 0.29) is 12.5 Å². The van der Waals surface area contributed by atoms with Crippen LogP contribution in [0.25, 0.3) is 0 Å². The second kappa shape index (κ2) is 5.60. The molecule has 0 spiro atoms. The molecule has 2 heterocycles. The second-order valence-electron chi connectivity index (χ2n) is 5.35. The van der Waals surface area contributed by atoms with Gasteiger partial charge in [-0.2, -0.15) is 13.2 Å². The fourth-order valence-electron chi connectivity index (χ4n) is 2.68. The normalized spacial score (nSPS) is 22.8. The predicted octanol–water partition coefficient (Wildman–Crippen LogP) is 3.05. The lowest BCUT2D eigenvalue weighted by atomic mass is 10.1. The summed E-state index contributed by atoms with van der Waals surface area (Å²) >= 11 is 0. The minimum Gasteiger partial charge on any atom is -0.485 e. The van der Waals surface area contributed by atoms with Crippen LogP contribution in [0, 0.1) is 0 Å². The van der Waals surface area contributed by atoms with E-state index in [0.717, 1.165) is 11.4 Å². The summed E-state index contributed by atoms with van der Waals surface area (Å²) in [6.07, 6.45) is -2.89. The molecule has 0 radical (unpaired) electrons. The van der Waals surface area contributed by atoms with Crippen molar-refractivity contribution in [3.8, 4) is 5.75 Å². The van der Waals surface area contributed by atoms with Crippen LogP contribution in [0.1, 0.15) is 6.42 Å². The first-order valence-corrected chi connectivity index (χ1v) is 7.00. The number of ether oxygens (including phenoxy) is 1. The minimum absolute atomic E-state index is 0.0410. The van der Waals surface area contributed by atoms with Crippen LogP contribution in [0.4, 0.5) is 18.9 Å². The molecule has 114 valence electrons. The summed E-state index contributed by atoms with van der Waals surface area (Å²) in [4.78, 5) is 2.00. The number of hydrogen-bond donors (Lipinski definition) is 1. The van der Waals surface area contributed by atoms with E-state index in [4.69, 9.17) is 4.74 Å². The van der Waals surface area contributed by atoms with Gasteiger partial charge in [-0.15, -0.1) is 0 Å².